The van der Waals surface area contributed by atoms with Crippen molar-refractivity contribution in [2.45, 2.75) is 11.8 Å². The third-order valence-corrected chi connectivity index (χ3v) is 6.37. The van der Waals surface area contributed by atoms with Crippen LogP contribution in [0.4, 0.5) is 0 Å². The first-order chi connectivity index (χ1) is 13.3. The molecule has 0 fully saturated rings. The smallest absolute Gasteiger partial charge is 0.00987 e. The zero-order valence-corrected chi connectivity index (χ0v) is 16.3. The summed E-state index contributed by atoms with van der Waals surface area (Å²) in [7, 11) is 0. The highest BCUT2D eigenvalue weighted by Gasteiger charge is 2.09. The molecule has 0 aliphatic rings. The van der Waals surface area contributed by atoms with Gasteiger partial charge in [-0.05, 0) is 74.3 Å². The number of hydrogen-bond donors (Lipinski definition) is 0. The summed E-state index contributed by atoms with van der Waals surface area (Å²) >= 11 is 1.81. The van der Waals surface area contributed by atoms with E-state index in [4.69, 9.17) is 0 Å². The van der Waals surface area contributed by atoms with E-state index in [2.05, 4.69) is 98.1 Å². The first-order valence-corrected chi connectivity index (χ1v) is 10.5. The molecule has 0 heterocycles. The number of thioether (sulfide) groups is 1. The van der Waals surface area contributed by atoms with E-state index in [1.165, 1.54) is 53.9 Å². The maximum absolute atomic E-state index is 2.36. The van der Waals surface area contributed by atoms with E-state index in [1.807, 2.05) is 0 Å². The minimum atomic E-state index is 1.28. The Labute approximate surface area is 163 Å². The normalized spacial score (nSPS) is 11.5. The van der Waals surface area contributed by atoms with E-state index in [1.54, 1.807) is 11.8 Å². The molecule has 5 rings (SSSR count). The Kier molecular flexibility index (Phi) is 3.91. The molecular weight excluding hydrogens is 344 g/mol. The number of benzene rings is 5. The van der Waals surface area contributed by atoms with Crippen molar-refractivity contribution in [2.75, 3.05) is 6.26 Å². The van der Waals surface area contributed by atoms with Gasteiger partial charge in [0.15, 0.2) is 0 Å². The Morgan fingerprint density at radius 1 is 0.519 bits per heavy atom. The summed E-state index contributed by atoms with van der Waals surface area (Å²) in [4.78, 5) is 1.34. The number of hydrogen-bond acceptors (Lipinski definition) is 1. The number of rotatable bonds is 2. The summed E-state index contributed by atoms with van der Waals surface area (Å²) in [5, 5.41) is 7.95. The van der Waals surface area contributed by atoms with Gasteiger partial charge in [0.25, 0.3) is 0 Å². The van der Waals surface area contributed by atoms with Crippen molar-refractivity contribution in [1.82, 2.24) is 0 Å². The highest BCUT2D eigenvalue weighted by molar-refractivity contribution is 7.98. The van der Waals surface area contributed by atoms with Gasteiger partial charge in [0.1, 0.15) is 0 Å². The van der Waals surface area contributed by atoms with Crippen LogP contribution in [0.3, 0.4) is 0 Å². The highest BCUT2D eigenvalue weighted by atomic mass is 32.2. The van der Waals surface area contributed by atoms with Crippen LogP contribution in [0.25, 0.3) is 43.4 Å². The third kappa shape index (κ3) is 2.62. The molecule has 0 spiro atoms. The highest BCUT2D eigenvalue weighted by Crippen LogP contribution is 2.37. The maximum atomic E-state index is 2.36. The van der Waals surface area contributed by atoms with E-state index >= 15 is 0 Å². The first-order valence-electron chi connectivity index (χ1n) is 9.24. The monoisotopic (exact) mass is 364 g/mol. The van der Waals surface area contributed by atoms with E-state index in [-0.39, 0.29) is 0 Å². The molecule has 130 valence electrons. The van der Waals surface area contributed by atoms with Crippen molar-refractivity contribution >= 4 is 44.1 Å². The van der Waals surface area contributed by atoms with Crippen LogP contribution in [0.2, 0.25) is 0 Å². The van der Waals surface area contributed by atoms with Gasteiger partial charge >= 0.3 is 0 Å². The van der Waals surface area contributed by atoms with E-state index in [0.29, 0.717) is 0 Å². The van der Waals surface area contributed by atoms with Gasteiger partial charge in [-0.3, -0.25) is 0 Å². The third-order valence-electron chi connectivity index (χ3n) is 5.47. The van der Waals surface area contributed by atoms with Crippen LogP contribution < -0.4 is 0 Å². The van der Waals surface area contributed by atoms with Gasteiger partial charge < -0.3 is 0 Å². The quantitative estimate of drug-likeness (QED) is 0.227. The van der Waals surface area contributed by atoms with Crippen molar-refractivity contribution in [3.8, 4) is 11.1 Å². The molecule has 1 heteroatoms. The molecule has 0 saturated heterocycles. The Hall–Kier alpha value is -2.77. The van der Waals surface area contributed by atoms with Crippen molar-refractivity contribution in [1.29, 1.82) is 0 Å². The zero-order valence-electron chi connectivity index (χ0n) is 15.5. The lowest BCUT2D eigenvalue weighted by Crippen LogP contribution is -1.86. The molecule has 0 amide bonds. The SMILES string of the molecule is CSc1ccc(-c2ccc3c4ccccc4c4ccccc4c3c2)cc1C. The van der Waals surface area contributed by atoms with Gasteiger partial charge in [-0.2, -0.15) is 0 Å². The van der Waals surface area contributed by atoms with Gasteiger partial charge in [0.05, 0.1) is 0 Å². The molecule has 0 aromatic heterocycles. The van der Waals surface area contributed by atoms with Crippen LogP contribution in [0.15, 0.2) is 89.8 Å². The molecule has 0 bridgehead atoms. The second-order valence-electron chi connectivity index (χ2n) is 7.04. The van der Waals surface area contributed by atoms with Crippen molar-refractivity contribution in [3.63, 3.8) is 0 Å². The maximum Gasteiger partial charge on any atom is 0.00987 e. The minimum absolute atomic E-state index is 1.28. The molecular formula is C26H20S. The predicted octanol–water partition coefficient (Wildman–Crippen LogP) is 7.84. The summed E-state index contributed by atoms with van der Waals surface area (Å²) in [6.07, 6.45) is 2.13. The van der Waals surface area contributed by atoms with Gasteiger partial charge in [0, 0.05) is 4.90 Å². The molecule has 5 aromatic rings. The fourth-order valence-electron chi connectivity index (χ4n) is 4.15. The largest absolute Gasteiger partial charge is 0.129 e. The lowest BCUT2D eigenvalue weighted by Gasteiger charge is -2.12. The first kappa shape index (κ1) is 16.4. The van der Waals surface area contributed by atoms with Crippen molar-refractivity contribution < 1.29 is 0 Å². The number of aryl methyl sites for hydroxylation is 1. The Morgan fingerprint density at radius 3 is 1.56 bits per heavy atom. The molecule has 0 aliphatic carbocycles. The van der Waals surface area contributed by atoms with E-state index < -0.39 is 0 Å². The molecule has 5 aromatic carbocycles. The summed E-state index contributed by atoms with van der Waals surface area (Å²) < 4.78 is 0. The van der Waals surface area contributed by atoms with Gasteiger partial charge in [-0.25, -0.2) is 0 Å². The topological polar surface area (TPSA) is 0 Å². The van der Waals surface area contributed by atoms with Crippen molar-refractivity contribution in [3.05, 3.63) is 90.5 Å². The summed E-state index contributed by atoms with van der Waals surface area (Å²) in [5.74, 6) is 0. The van der Waals surface area contributed by atoms with Crippen LogP contribution in [-0.2, 0) is 0 Å². The lowest BCUT2D eigenvalue weighted by atomic mass is 9.92. The summed E-state index contributed by atoms with van der Waals surface area (Å²) in [5.41, 5.74) is 3.89. The van der Waals surface area contributed by atoms with Crippen LogP contribution in [0.1, 0.15) is 5.56 Å². The Balaban J connectivity index is 1.85. The molecule has 0 aliphatic heterocycles. The molecule has 27 heavy (non-hydrogen) atoms. The Morgan fingerprint density at radius 2 is 1.00 bits per heavy atom. The van der Waals surface area contributed by atoms with Crippen LogP contribution in [-0.4, -0.2) is 6.26 Å². The molecule has 0 atom stereocenters. The average Bonchev–Trinajstić information content (AvgIpc) is 2.73. The standard InChI is InChI=1S/C26H20S/c1-17-15-18(12-14-26(17)27-2)19-11-13-24-22-9-4-3-7-20(22)21-8-5-6-10-23(21)25(24)16-19/h3-16H,1-2H3. The van der Waals surface area contributed by atoms with Gasteiger partial charge in [0.2, 0.25) is 0 Å². The molecule has 0 nitrogen and oxygen atoms in total. The average molecular weight is 365 g/mol. The van der Waals surface area contributed by atoms with Crippen molar-refractivity contribution in [2.24, 2.45) is 0 Å². The van der Waals surface area contributed by atoms with E-state index in [0.717, 1.165) is 0 Å². The molecule has 0 unspecified atom stereocenters. The molecule has 0 N–H and O–H groups in total. The fraction of sp³-hybridized carbons (Fsp3) is 0.0769. The van der Waals surface area contributed by atoms with E-state index in [9.17, 15) is 0 Å². The second-order valence-corrected chi connectivity index (χ2v) is 7.88. The number of fused-ring (bicyclic) bond motifs is 6. The molecule has 0 saturated carbocycles. The Bertz CT molecular complexity index is 1280. The van der Waals surface area contributed by atoms with Crippen LogP contribution >= 0.6 is 11.8 Å². The second kappa shape index (κ2) is 6.44. The summed E-state index contributed by atoms with van der Waals surface area (Å²) in [6, 6.07) is 31.2. The fourth-order valence-corrected chi connectivity index (χ4v) is 4.73. The van der Waals surface area contributed by atoms with Gasteiger partial charge in [-0.1, -0.05) is 72.8 Å². The molecule has 0 radical (unpaired) electrons. The van der Waals surface area contributed by atoms with Crippen LogP contribution in [0, 0.1) is 6.92 Å². The minimum Gasteiger partial charge on any atom is -0.129 e. The van der Waals surface area contributed by atoms with Crippen LogP contribution in [0.5, 0.6) is 0 Å². The summed E-state index contributed by atoms with van der Waals surface area (Å²) in [6.45, 7) is 2.19. The zero-order chi connectivity index (χ0) is 18.4. The predicted molar refractivity (Wildman–Crippen MR) is 121 cm³/mol. The lowest BCUT2D eigenvalue weighted by molar-refractivity contribution is 1.31. The van der Waals surface area contributed by atoms with Gasteiger partial charge in [-0.15, -0.1) is 11.8 Å².